The van der Waals surface area contributed by atoms with E-state index in [4.69, 9.17) is 4.74 Å². The van der Waals surface area contributed by atoms with Crippen LogP contribution in [-0.2, 0) is 16.0 Å². The molecule has 0 bridgehead atoms. The van der Waals surface area contributed by atoms with Crippen LogP contribution in [0.25, 0.3) is 0 Å². The molecule has 0 spiro atoms. The first-order valence-electron chi connectivity index (χ1n) is 4.93. The summed E-state index contributed by atoms with van der Waals surface area (Å²) in [6.07, 6.45) is 2.94. The predicted octanol–water partition coefficient (Wildman–Crippen LogP) is 1.98. The Kier molecular flexibility index (Phi) is 2.38. The fourth-order valence-electron chi connectivity index (χ4n) is 1.66. The maximum absolute atomic E-state index is 10.6. The monoisotopic (exact) mass is 190 g/mol. The Hall–Kier alpha value is -1.15. The summed E-state index contributed by atoms with van der Waals surface area (Å²) in [5, 5.41) is 0. The molecule has 0 saturated carbocycles. The molecule has 0 unspecified atom stereocenters. The topological polar surface area (TPSA) is 29.6 Å². The zero-order valence-electron chi connectivity index (χ0n) is 8.27. The van der Waals surface area contributed by atoms with Crippen LogP contribution in [-0.4, -0.2) is 18.0 Å². The molecule has 0 N–H and O–H groups in total. The molecule has 0 amide bonds. The molecular formula is C12H14O2. The molecule has 2 rings (SSSR count). The third-order valence-corrected chi connectivity index (χ3v) is 2.75. The molecule has 0 aliphatic carbocycles. The predicted molar refractivity (Wildman–Crippen MR) is 54.1 cm³/mol. The second-order valence-electron chi connectivity index (χ2n) is 3.93. The zero-order valence-corrected chi connectivity index (χ0v) is 8.27. The highest BCUT2D eigenvalue weighted by Crippen LogP contribution is 2.36. The second kappa shape index (κ2) is 3.54. The average Bonchev–Trinajstić information content (AvgIpc) is 2.90. The molecule has 2 atom stereocenters. The third-order valence-electron chi connectivity index (χ3n) is 2.75. The normalized spacial score (nSPS) is 29.9. The number of epoxide rings is 1. The molecule has 74 valence electrons. The molecular weight excluding hydrogens is 176 g/mol. The fraction of sp³-hybridized carbons (Fsp3) is 0.417. The van der Waals surface area contributed by atoms with Gasteiger partial charge in [0.05, 0.1) is 6.10 Å². The van der Waals surface area contributed by atoms with Crippen molar-refractivity contribution >= 4 is 6.29 Å². The Labute approximate surface area is 83.9 Å². The number of benzene rings is 1. The lowest BCUT2D eigenvalue weighted by atomic mass is 10.0. The second-order valence-corrected chi connectivity index (χ2v) is 3.93. The molecule has 1 aromatic carbocycles. The standard InChI is InChI=1S/C12H14O2/c1-12(9-13)11(14-12)8-7-10-5-3-2-4-6-10/h2-6,9,11H,7-8H2,1H3/t11-,12-/m0/s1. The molecule has 1 fully saturated rings. The van der Waals surface area contributed by atoms with Crippen molar-refractivity contribution in [1.29, 1.82) is 0 Å². The molecule has 1 aliphatic heterocycles. The number of carbonyl (C=O) groups excluding carboxylic acids is 1. The van der Waals surface area contributed by atoms with Gasteiger partial charge in [0.15, 0.2) is 6.29 Å². The summed E-state index contributed by atoms with van der Waals surface area (Å²) >= 11 is 0. The van der Waals surface area contributed by atoms with E-state index in [1.807, 2.05) is 25.1 Å². The summed E-state index contributed by atoms with van der Waals surface area (Å²) < 4.78 is 5.31. The Morgan fingerprint density at radius 2 is 2.14 bits per heavy atom. The van der Waals surface area contributed by atoms with Crippen LogP contribution in [0.1, 0.15) is 18.9 Å². The van der Waals surface area contributed by atoms with E-state index in [2.05, 4.69) is 12.1 Å². The Balaban J connectivity index is 1.83. The van der Waals surface area contributed by atoms with E-state index in [9.17, 15) is 4.79 Å². The van der Waals surface area contributed by atoms with Gasteiger partial charge in [-0.3, -0.25) is 0 Å². The maximum Gasteiger partial charge on any atom is 0.154 e. The minimum absolute atomic E-state index is 0.125. The maximum atomic E-state index is 10.6. The van der Waals surface area contributed by atoms with Crippen LogP contribution >= 0.6 is 0 Å². The van der Waals surface area contributed by atoms with Crippen molar-refractivity contribution in [2.45, 2.75) is 31.5 Å². The van der Waals surface area contributed by atoms with Gasteiger partial charge in [-0.2, -0.15) is 0 Å². The van der Waals surface area contributed by atoms with Gasteiger partial charge in [-0.25, -0.2) is 0 Å². The molecule has 0 aromatic heterocycles. The van der Waals surface area contributed by atoms with Crippen molar-refractivity contribution in [1.82, 2.24) is 0 Å². The largest absolute Gasteiger partial charge is 0.358 e. The summed E-state index contributed by atoms with van der Waals surface area (Å²) in [5.41, 5.74) is 0.811. The number of aldehydes is 1. The van der Waals surface area contributed by atoms with Crippen LogP contribution in [0, 0.1) is 0 Å². The van der Waals surface area contributed by atoms with Crippen molar-refractivity contribution < 1.29 is 9.53 Å². The molecule has 2 heteroatoms. The van der Waals surface area contributed by atoms with Gasteiger partial charge < -0.3 is 9.53 Å². The van der Waals surface area contributed by atoms with E-state index in [0.717, 1.165) is 19.1 Å². The molecule has 1 saturated heterocycles. The van der Waals surface area contributed by atoms with Crippen molar-refractivity contribution in [3.05, 3.63) is 35.9 Å². The lowest BCUT2D eigenvalue weighted by Crippen LogP contribution is -2.11. The zero-order chi connectivity index (χ0) is 10.0. The lowest BCUT2D eigenvalue weighted by molar-refractivity contribution is -0.111. The van der Waals surface area contributed by atoms with E-state index >= 15 is 0 Å². The van der Waals surface area contributed by atoms with Gasteiger partial charge in [0.2, 0.25) is 0 Å². The van der Waals surface area contributed by atoms with E-state index < -0.39 is 5.60 Å². The highest BCUT2D eigenvalue weighted by molar-refractivity contribution is 5.66. The molecule has 0 radical (unpaired) electrons. The van der Waals surface area contributed by atoms with Gasteiger partial charge in [-0.1, -0.05) is 30.3 Å². The number of aryl methyl sites for hydroxylation is 1. The average molecular weight is 190 g/mol. The first-order valence-corrected chi connectivity index (χ1v) is 4.93. The van der Waals surface area contributed by atoms with Crippen LogP contribution < -0.4 is 0 Å². The van der Waals surface area contributed by atoms with E-state index in [1.165, 1.54) is 5.56 Å². The van der Waals surface area contributed by atoms with Gasteiger partial charge in [-0.05, 0) is 25.3 Å². The van der Waals surface area contributed by atoms with Crippen molar-refractivity contribution in [2.24, 2.45) is 0 Å². The van der Waals surface area contributed by atoms with Crippen LogP contribution in [0.3, 0.4) is 0 Å². The lowest BCUT2D eigenvalue weighted by Gasteiger charge is -1.98. The minimum Gasteiger partial charge on any atom is -0.358 e. The van der Waals surface area contributed by atoms with Gasteiger partial charge >= 0.3 is 0 Å². The Bertz CT molecular complexity index is 320. The van der Waals surface area contributed by atoms with Gasteiger partial charge in [0, 0.05) is 0 Å². The van der Waals surface area contributed by atoms with Crippen LogP contribution in [0.2, 0.25) is 0 Å². The van der Waals surface area contributed by atoms with Crippen LogP contribution in [0.4, 0.5) is 0 Å². The van der Waals surface area contributed by atoms with Crippen LogP contribution in [0.15, 0.2) is 30.3 Å². The van der Waals surface area contributed by atoms with Gasteiger partial charge in [-0.15, -0.1) is 0 Å². The minimum atomic E-state index is -0.491. The third kappa shape index (κ3) is 1.85. The van der Waals surface area contributed by atoms with Crippen LogP contribution in [0.5, 0.6) is 0 Å². The summed E-state index contributed by atoms with van der Waals surface area (Å²) in [6, 6.07) is 10.3. The fourth-order valence-corrected chi connectivity index (χ4v) is 1.66. The highest BCUT2D eigenvalue weighted by atomic mass is 16.6. The molecule has 14 heavy (non-hydrogen) atoms. The molecule has 1 aliphatic rings. The first kappa shape index (κ1) is 9.41. The number of rotatable bonds is 4. The van der Waals surface area contributed by atoms with E-state index in [0.29, 0.717) is 0 Å². The summed E-state index contributed by atoms with van der Waals surface area (Å²) in [7, 11) is 0. The SMILES string of the molecule is C[C@@]1(C=O)O[C@H]1CCc1ccccc1. The smallest absolute Gasteiger partial charge is 0.154 e. The van der Waals surface area contributed by atoms with Crippen molar-refractivity contribution in [2.75, 3.05) is 0 Å². The molecule has 1 heterocycles. The summed E-state index contributed by atoms with van der Waals surface area (Å²) in [5.74, 6) is 0. The van der Waals surface area contributed by atoms with Gasteiger partial charge in [0.25, 0.3) is 0 Å². The highest BCUT2D eigenvalue weighted by Gasteiger charge is 2.51. The Morgan fingerprint density at radius 1 is 1.43 bits per heavy atom. The number of ether oxygens (including phenoxy) is 1. The molecule has 2 nitrogen and oxygen atoms in total. The number of hydrogen-bond acceptors (Lipinski definition) is 2. The van der Waals surface area contributed by atoms with E-state index in [1.54, 1.807) is 0 Å². The quantitative estimate of drug-likeness (QED) is 0.536. The van der Waals surface area contributed by atoms with Crippen molar-refractivity contribution in [3.63, 3.8) is 0 Å². The van der Waals surface area contributed by atoms with E-state index in [-0.39, 0.29) is 6.10 Å². The summed E-state index contributed by atoms with van der Waals surface area (Å²) in [4.78, 5) is 10.6. The van der Waals surface area contributed by atoms with Crippen molar-refractivity contribution in [3.8, 4) is 0 Å². The number of hydrogen-bond donors (Lipinski definition) is 0. The molecule has 1 aromatic rings. The number of carbonyl (C=O) groups is 1. The first-order chi connectivity index (χ1) is 6.74. The van der Waals surface area contributed by atoms with Gasteiger partial charge in [0.1, 0.15) is 5.60 Å². The Morgan fingerprint density at radius 3 is 2.71 bits per heavy atom. The summed E-state index contributed by atoms with van der Waals surface area (Å²) in [6.45, 7) is 1.84.